The number of nitrogens with zero attached hydrogens (tertiary/aromatic N) is 1. The normalized spacial score (nSPS) is 23.9. The first-order valence-electron chi connectivity index (χ1n) is 9.29. The van der Waals surface area contributed by atoms with Crippen LogP contribution < -0.4 is 16.0 Å². The van der Waals surface area contributed by atoms with E-state index in [1.807, 2.05) is 4.98 Å². The molecular weight excluding hydrogens is 415 g/mol. The third-order valence-corrected chi connectivity index (χ3v) is 4.93. The van der Waals surface area contributed by atoms with Crippen LogP contribution in [0.1, 0.15) is 29.1 Å². The van der Waals surface area contributed by atoms with E-state index >= 15 is 4.39 Å². The molecule has 2 aromatic rings. The highest BCUT2D eigenvalue weighted by molar-refractivity contribution is 6.01. The number of halogens is 1. The second kappa shape index (κ2) is 8.82. The number of H-pyrrole nitrogens is 1. The van der Waals surface area contributed by atoms with Gasteiger partial charge in [0.25, 0.3) is 5.56 Å². The Morgan fingerprint density at radius 3 is 2.58 bits per heavy atom. The van der Waals surface area contributed by atoms with E-state index < -0.39 is 53.7 Å². The van der Waals surface area contributed by atoms with Crippen molar-refractivity contribution >= 4 is 11.8 Å². The molecule has 1 saturated heterocycles. The Balaban J connectivity index is 1.99. The molecule has 2 heterocycles. The third-order valence-electron chi connectivity index (χ3n) is 4.93. The van der Waals surface area contributed by atoms with Gasteiger partial charge in [-0.3, -0.25) is 23.9 Å². The number of aliphatic hydroxyl groups is 1. The van der Waals surface area contributed by atoms with Crippen molar-refractivity contribution in [3.05, 3.63) is 62.4 Å². The first-order valence-corrected chi connectivity index (χ1v) is 9.29. The Bertz CT molecular complexity index is 1110. The summed E-state index contributed by atoms with van der Waals surface area (Å²) in [7, 11) is 1.18. The van der Waals surface area contributed by atoms with Crippen LogP contribution in [-0.2, 0) is 14.3 Å². The number of aliphatic hydroxyl groups excluding tert-OH is 1. The zero-order valence-electron chi connectivity index (χ0n) is 16.9. The van der Waals surface area contributed by atoms with Gasteiger partial charge in [0, 0.05) is 12.5 Å². The van der Waals surface area contributed by atoms with Gasteiger partial charge in [0.15, 0.2) is 24.3 Å². The molecule has 5 atom stereocenters. The van der Waals surface area contributed by atoms with Gasteiger partial charge in [0.1, 0.15) is 12.2 Å². The highest BCUT2D eigenvalue weighted by Gasteiger charge is 2.53. The van der Waals surface area contributed by atoms with Crippen molar-refractivity contribution in [2.45, 2.75) is 44.6 Å². The van der Waals surface area contributed by atoms with Crippen molar-refractivity contribution in [2.24, 2.45) is 0 Å². The molecular formula is C20H21FN2O8. The molecule has 0 saturated carbocycles. The molecule has 1 fully saturated rings. The number of ether oxygens (including phenoxy) is 3. The average molecular weight is 436 g/mol. The number of Topliss-reactive ketones (excluding diaryl/α,β-unsaturated/α-hetero) is 1. The Morgan fingerprint density at radius 1 is 1.29 bits per heavy atom. The maximum absolute atomic E-state index is 15.2. The molecule has 0 amide bonds. The fourth-order valence-electron chi connectivity index (χ4n) is 3.40. The van der Waals surface area contributed by atoms with E-state index in [4.69, 9.17) is 14.2 Å². The molecule has 11 heteroatoms. The van der Waals surface area contributed by atoms with Crippen molar-refractivity contribution in [1.82, 2.24) is 9.55 Å². The number of carbonyl (C=O) groups excluding carboxylic acids is 2. The molecule has 0 spiro atoms. The minimum atomic E-state index is -2.15. The summed E-state index contributed by atoms with van der Waals surface area (Å²) in [6.07, 6.45) is -8.11. The SMILES string of the molecule is COc1cn([C@@H]2O[C@H](C(O)C(=O)c3ccccc3C)[C@@H](F)[C@H]2OC(C)=O)c(=O)[nH]c1=O. The highest BCUT2D eigenvalue weighted by Crippen LogP contribution is 2.35. The number of hydrogen-bond donors (Lipinski definition) is 2. The molecule has 0 bridgehead atoms. The number of aromatic nitrogens is 2. The van der Waals surface area contributed by atoms with Gasteiger partial charge in [-0.1, -0.05) is 24.3 Å². The quantitative estimate of drug-likeness (QED) is 0.486. The van der Waals surface area contributed by atoms with Gasteiger partial charge >= 0.3 is 11.7 Å². The van der Waals surface area contributed by atoms with Gasteiger partial charge in [0.2, 0.25) is 5.75 Å². The number of nitrogens with one attached hydrogen (secondary N) is 1. The Kier molecular flexibility index (Phi) is 6.37. The van der Waals surface area contributed by atoms with Crippen LogP contribution in [-0.4, -0.2) is 58.0 Å². The molecule has 1 aliphatic rings. The third kappa shape index (κ3) is 4.28. The molecule has 10 nitrogen and oxygen atoms in total. The molecule has 3 rings (SSSR count). The van der Waals surface area contributed by atoms with E-state index in [1.54, 1.807) is 25.1 Å². The first-order chi connectivity index (χ1) is 14.6. The monoisotopic (exact) mass is 436 g/mol. The van der Waals surface area contributed by atoms with Gasteiger partial charge in [-0.05, 0) is 12.5 Å². The summed E-state index contributed by atoms with van der Waals surface area (Å²) in [6, 6.07) is 6.41. The minimum absolute atomic E-state index is 0.168. The van der Waals surface area contributed by atoms with Crippen LogP contribution in [0.25, 0.3) is 0 Å². The minimum Gasteiger partial charge on any atom is -0.490 e. The fraction of sp³-hybridized carbons (Fsp3) is 0.400. The summed E-state index contributed by atoms with van der Waals surface area (Å²) < 4.78 is 31.4. The molecule has 0 aliphatic carbocycles. The van der Waals surface area contributed by atoms with Crippen LogP contribution >= 0.6 is 0 Å². The summed E-state index contributed by atoms with van der Waals surface area (Å²) in [4.78, 5) is 50.3. The molecule has 1 aromatic carbocycles. The highest BCUT2D eigenvalue weighted by atomic mass is 19.1. The summed E-state index contributed by atoms with van der Waals surface area (Å²) in [5.41, 5.74) is -1.08. The number of hydrogen-bond acceptors (Lipinski definition) is 8. The second-order valence-electron chi connectivity index (χ2n) is 7.00. The lowest BCUT2D eigenvalue weighted by molar-refractivity contribution is -0.154. The van der Waals surface area contributed by atoms with Gasteiger partial charge in [0.05, 0.1) is 13.3 Å². The van der Waals surface area contributed by atoms with E-state index in [-0.39, 0.29) is 11.3 Å². The van der Waals surface area contributed by atoms with Crippen molar-refractivity contribution in [3.8, 4) is 5.75 Å². The van der Waals surface area contributed by atoms with Crippen molar-refractivity contribution in [3.63, 3.8) is 0 Å². The van der Waals surface area contributed by atoms with Gasteiger partial charge in [-0.2, -0.15) is 0 Å². The number of alkyl halides is 1. The molecule has 1 unspecified atom stereocenters. The Morgan fingerprint density at radius 2 is 1.97 bits per heavy atom. The van der Waals surface area contributed by atoms with Crippen LogP contribution in [0, 0.1) is 6.92 Å². The number of aryl methyl sites for hydroxylation is 1. The number of carbonyl (C=O) groups is 2. The van der Waals surface area contributed by atoms with E-state index in [1.165, 1.54) is 13.2 Å². The Labute approximate surface area is 175 Å². The summed E-state index contributed by atoms with van der Waals surface area (Å²) in [6.45, 7) is 2.68. The van der Waals surface area contributed by atoms with Crippen LogP contribution in [0.5, 0.6) is 5.75 Å². The largest absolute Gasteiger partial charge is 0.490 e. The molecule has 31 heavy (non-hydrogen) atoms. The number of benzene rings is 1. The Hall–Kier alpha value is -3.31. The summed E-state index contributed by atoms with van der Waals surface area (Å²) in [5, 5.41) is 10.6. The number of methoxy groups -OCH3 is 1. The van der Waals surface area contributed by atoms with Crippen LogP contribution in [0.4, 0.5) is 4.39 Å². The molecule has 1 aliphatic heterocycles. The predicted molar refractivity (Wildman–Crippen MR) is 104 cm³/mol. The van der Waals surface area contributed by atoms with Crippen molar-refractivity contribution < 1.29 is 33.3 Å². The number of esters is 1. The van der Waals surface area contributed by atoms with E-state index in [0.717, 1.165) is 17.7 Å². The topological polar surface area (TPSA) is 137 Å². The molecule has 0 radical (unpaired) electrons. The summed E-state index contributed by atoms with van der Waals surface area (Å²) in [5.74, 6) is -1.94. The lowest BCUT2D eigenvalue weighted by atomic mass is 9.96. The number of ketones is 1. The van der Waals surface area contributed by atoms with Gasteiger partial charge < -0.3 is 19.3 Å². The smallest absolute Gasteiger partial charge is 0.330 e. The van der Waals surface area contributed by atoms with Crippen molar-refractivity contribution in [1.29, 1.82) is 0 Å². The molecule has 1 aromatic heterocycles. The predicted octanol–water partition coefficient (Wildman–Crippen LogP) is 0.265. The maximum atomic E-state index is 15.2. The molecule has 2 N–H and O–H groups in total. The zero-order chi connectivity index (χ0) is 22.9. The van der Waals surface area contributed by atoms with Crippen LogP contribution in [0.3, 0.4) is 0 Å². The number of aromatic amines is 1. The average Bonchev–Trinajstić information content (AvgIpc) is 3.03. The van der Waals surface area contributed by atoms with Crippen molar-refractivity contribution in [2.75, 3.05) is 7.11 Å². The van der Waals surface area contributed by atoms with E-state index in [9.17, 15) is 24.3 Å². The maximum Gasteiger partial charge on any atom is 0.330 e. The fourth-order valence-corrected chi connectivity index (χ4v) is 3.40. The number of rotatable bonds is 6. The van der Waals surface area contributed by atoms with Gasteiger partial charge in [-0.25, -0.2) is 9.18 Å². The van der Waals surface area contributed by atoms with Crippen LogP contribution in [0.2, 0.25) is 0 Å². The van der Waals surface area contributed by atoms with Gasteiger partial charge in [-0.15, -0.1) is 0 Å². The van der Waals surface area contributed by atoms with Crippen LogP contribution in [0.15, 0.2) is 40.1 Å². The second-order valence-corrected chi connectivity index (χ2v) is 7.00. The van der Waals surface area contributed by atoms with E-state index in [0.29, 0.717) is 5.56 Å². The zero-order valence-corrected chi connectivity index (χ0v) is 16.9. The lowest BCUT2D eigenvalue weighted by Crippen LogP contribution is -2.42. The lowest BCUT2D eigenvalue weighted by Gasteiger charge is -2.21. The first kappa shape index (κ1) is 22.4. The summed E-state index contributed by atoms with van der Waals surface area (Å²) >= 11 is 0. The standard InChI is InChI=1S/C20H21FN2O8/c1-9-6-4-5-7-11(9)14(25)15(26)16-13(21)17(30-10(2)24)19(31-16)23-8-12(29-3)18(27)22-20(23)28/h4-8,13,15-17,19,26H,1-3H3,(H,22,27,28)/t13-,15?,16+,17-,19-/m1/s1. The molecule has 166 valence electrons. The van der Waals surface area contributed by atoms with E-state index in [2.05, 4.69) is 0 Å².